The number of nitrogens with zero attached hydrogens (tertiary/aromatic N) is 2. The highest BCUT2D eigenvalue weighted by molar-refractivity contribution is 9.10. The first-order valence-corrected chi connectivity index (χ1v) is 6.42. The Bertz CT molecular complexity index is 396. The van der Waals surface area contributed by atoms with Crippen molar-refractivity contribution in [1.82, 2.24) is 4.98 Å². The molecule has 0 aliphatic rings. The van der Waals surface area contributed by atoms with E-state index < -0.39 is 0 Å². The van der Waals surface area contributed by atoms with E-state index in [1.807, 2.05) is 12.1 Å². The molecule has 0 aliphatic heterocycles. The van der Waals surface area contributed by atoms with Gasteiger partial charge in [0.05, 0.1) is 0 Å². The Balaban J connectivity index is 3.22. The second-order valence-electron chi connectivity index (χ2n) is 4.91. The summed E-state index contributed by atoms with van der Waals surface area (Å²) in [4.78, 5) is 6.69. The smallest absolute Gasteiger partial charge is 0.133 e. The summed E-state index contributed by atoms with van der Waals surface area (Å²) in [5.41, 5.74) is 6.81. The molecule has 0 unspecified atom stereocenters. The van der Waals surface area contributed by atoms with Gasteiger partial charge in [-0.3, -0.25) is 0 Å². The molecule has 1 aromatic heterocycles. The van der Waals surface area contributed by atoms with Crippen LogP contribution in [0.5, 0.6) is 0 Å². The van der Waals surface area contributed by atoms with Crippen LogP contribution in [0.4, 0.5) is 5.82 Å². The van der Waals surface area contributed by atoms with Gasteiger partial charge in [-0.05, 0) is 42.8 Å². The number of rotatable bonds is 4. The predicted octanol–water partition coefficient (Wildman–Crippen LogP) is 3.09. The number of aromatic nitrogens is 1. The van der Waals surface area contributed by atoms with Gasteiger partial charge < -0.3 is 10.6 Å². The molecule has 94 valence electrons. The lowest BCUT2D eigenvalue weighted by Crippen LogP contribution is -2.42. The molecule has 2 N–H and O–H groups in total. The summed E-state index contributed by atoms with van der Waals surface area (Å²) in [5, 5.41) is 0. The van der Waals surface area contributed by atoms with Crippen LogP contribution >= 0.6 is 15.9 Å². The van der Waals surface area contributed by atoms with E-state index in [1.165, 1.54) is 0 Å². The molecule has 0 radical (unpaired) electrons. The van der Waals surface area contributed by atoms with E-state index >= 15 is 0 Å². The van der Waals surface area contributed by atoms with Gasteiger partial charge in [0.2, 0.25) is 0 Å². The average molecular weight is 298 g/mol. The number of nitrogens with two attached hydrogens (primary N) is 1. The Kier molecular flexibility index (Phi) is 4.71. The summed E-state index contributed by atoms with van der Waals surface area (Å²) >= 11 is 3.42. The minimum Gasteiger partial charge on any atom is -0.348 e. The van der Waals surface area contributed by atoms with Crippen molar-refractivity contribution >= 4 is 21.7 Å². The highest BCUT2D eigenvalue weighted by Crippen LogP contribution is 2.27. The number of hydrogen-bond acceptors (Lipinski definition) is 3. The predicted molar refractivity (Wildman–Crippen MR) is 77.1 cm³/mol. The van der Waals surface area contributed by atoms with Crippen molar-refractivity contribution in [3.05, 3.63) is 35.0 Å². The van der Waals surface area contributed by atoms with Crippen molar-refractivity contribution < 1.29 is 0 Å². The van der Waals surface area contributed by atoms with Gasteiger partial charge in [-0.2, -0.15) is 0 Å². The van der Waals surface area contributed by atoms with Crippen LogP contribution in [-0.2, 0) is 6.54 Å². The monoisotopic (exact) mass is 297 g/mol. The first-order valence-electron chi connectivity index (χ1n) is 5.63. The minimum atomic E-state index is -0.0149. The summed E-state index contributed by atoms with van der Waals surface area (Å²) in [6, 6.07) is 2.02. The largest absolute Gasteiger partial charge is 0.348 e. The second kappa shape index (κ2) is 5.65. The number of pyridine rings is 1. The van der Waals surface area contributed by atoms with Gasteiger partial charge in [-0.15, -0.1) is 6.58 Å². The van der Waals surface area contributed by atoms with Gasteiger partial charge in [0.1, 0.15) is 5.82 Å². The first-order chi connectivity index (χ1) is 7.90. The van der Waals surface area contributed by atoms with E-state index in [9.17, 15) is 0 Å². The zero-order valence-corrected chi connectivity index (χ0v) is 12.3. The number of hydrogen-bond donors (Lipinski definition) is 1. The summed E-state index contributed by atoms with van der Waals surface area (Å²) in [7, 11) is 0. The Morgan fingerprint density at radius 1 is 1.53 bits per heavy atom. The molecule has 0 bridgehead atoms. The lowest BCUT2D eigenvalue weighted by atomic mass is 10.0. The van der Waals surface area contributed by atoms with Crippen LogP contribution in [0.15, 0.2) is 29.4 Å². The Morgan fingerprint density at radius 2 is 2.18 bits per heavy atom. The standard InChI is InChI=1S/C13H20BrN3/c1-5-6-17(13(2,3)4)12-10(8-15)7-11(14)9-16-12/h5,7,9H,1,6,8,15H2,2-4H3. The maximum atomic E-state index is 5.78. The van der Waals surface area contributed by atoms with Gasteiger partial charge in [0, 0.05) is 34.9 Å². The molecule has 0 aliphatic carbocycles. The fourth-order valence-corrected chi connectivity index (χ4v) is 2.05. The number of halogens is 1. The van der Waals surface area contributed by atoms with Crippen molar-refractivity contribution in [1.29, 1.82) is 0 Å². The van der Waals surface area contributed by atoms with Gasteiger partial charge in [-0.25, -0.2) is 4.98 Å². The second-order valence-corrected chi connectivity index (χ2v) is 5.83. The number of anilines is 1. The normalized spacial score (nSPS) is 11.4. The van der Waals surface area contributed by atoms with E-state index in [-0.39, 0.29) is 5.54 Å². The van der Waals surface area contributed by atoms with E-state index in [1.54, 1.807) is 6.20 Å². The fourth-order valence-electron chi connectivity index (χ4n) is 1.67. The van der Waals surface area contributed by atoms with Crippen LogP contribution in [-0.4, -0.2) is 17.1 Å². The van der Waals surface area contributed by atoms with E-state index in [0.717, 1.165) is 22.4 Å². The van der Waals surface area contributed by atoms with Crippen LogP contribution in [0.2, 0.25) is 0 Å². The molecule has 1 heterocycles. The molecular weight excluding hydrogens is 278 g/mol. The lowest BCUT2D eigenvalue weighted by Gasteiger charge is -2.37. The van der Waals surface area contributed by atoms with E-state index in [2.05, 4.69) is 53.2 Å². The van der Waals surface area contributed by atoms with Crippen LogP contribution in [0.3, 0.4) is 0 Å². The average Bonchev–Trinajstić information content (AvgIpc) is 2.25. The molecule has 0 saturated heterocycles. The highest BCUT2D eigenvalue weighted by Gasteiger charge is 2.23. The maximum Gasteiger partial charge on any atom is 0.133 e. The molecule has 0 saturated carbocycles. The van der Waals surface area contributed by atoms with Crippen LogP contribution in [0, 0.1) is 0 Å². The molecule has 0 aromatic carbocycles. The molecule has 3 nitrogen and oxygen atoms in total. The van der Waals surface area contributed by atoms with Gasteiger partial charge in [0.25, 0.3) is 0 Å². The molecule has 0 amide bonds. The van der Waals surface area contributed by atoms with Gasteiger partial charge >= 0.3 is 0 Å². The van der Waals surface area contributed by atoms with Crippen LogP contribution in [0.1, 0.15) is 26.3 Å². The lowest BCUT2D eigenvalue weighted by molar-refractivity contribution is 0.515. The summed E-state index contributed by atoms with van der Waals surface area (Å²) in [5.74, 6) is 0.933. The molecular formula is C13H20BrN3. The molecule has 4 heteroatoms. The Morgan fingerprint density at radius 3 is 2.65 bits per heavy atom. The highest BCUT2D eigenvalue weighted by atomic mass is 79.9. The fraction of sp³-hybridized carbons (Fsp3) is 0.462. The van der Waals surface area contributed by atoms with Gasteiger partial charge in [-0.1, -0.05) is 6.08 Å². The molecule has 1 aromatic rings. The zero-order valence-electron chi connectivity index (χ0n) is 10.7. The van der Waals surface area contributed by atoms with E-state index in [4.69, 9.17) is 5.73 Å². The van der Waals surface area contributed by atoms with Gasteiger partial charge in [0.15, 0.2) is 0 Å². The van der Waals surface area contributed by atoms with Crippen molar-refractivity contribution in [3.8, 4) is 0 Å². The van der Waals surface area contributed by atoms with Crippen LogP contribution < -0.4 is 10.6 Å². The van der Waals surface area contributed by atoms with Crippen LogP contribution in [0.25, 0.3) is 0 Å². The first kappa shape index (κ1) is 14.2. The SMILES string of the molecule is C=CCN(c1ncc(Br)cc1CN)C(C)(C)C. The van der Waals surface area contributed by atoms with E-state index in [0.29, 0.717) is 6.54 Å². The van der Waals surface area contributed by atoms with Crippen molar-refractivity contribution in [2.24, 2.45) is 5.73 Å². The maximum absolute atomic E-state index is 5.78. The zero-order chi connectivity index (χ0) is 13.1. The third-order valence-electron chi connectivity index (χ3n) is 2.51. The van der Waals surface area contributed by atoms with Crippen molar-refractivity contribution in [2.75, 3.05) is 11.4 Å². The Hall–Kier alpha value is -0.870. The molecule has 0 fully saturated rings. The quantitative estimate of drug-likeness (QED) is 0.869. The summed E-state index contributed by atoms with van der Waals surface area (Å²) in [6.07, 6.45) is 3.69. The third-order valence-corrected chi connectivity index (χ3v) is 2.94. The molecule has 1 rings (SSSR count). The summed E-state index contributed by atoms with van der Waals surface area (Å²) in [6.45, 7) is 11.5. The minimum absolute atomic E-state index is 0.0149. The van der Waals surface area contributed by atoms with Crippen molar-refractivity contribution in [3.63, 3.8) is 0 Å². The molecule has 0 atom stereocenters. The summed E-state index contributed by atoms with van der Waals surface area (Å²) < 4.78 is 0.953. The topological polar surface area (TPSA) is 42.2 Å². The Labute approximate surface area is 112 Å². The van der Waals surface area contributed by atoms with Crippen molar-refractivity contribution in [2.45, 2.75) is 32.9 Å². The third kappa shape index (κ3) is 3.54. The molecule has 0 spiro atoms. The molecule has 17 heavy (non-hydrogen) atoms.